The summed E-state index contributed by atoms with van der Waals surface area (Å²) in [5.41, 5.74) is 2.65. The molecule has 0 spiro atoms. The van der Waals surface area contributed by atoms with Gasteiger partial charge in [-0.3, -0.25) is 14.0 Å². The Morgan fingerprint density at radius 1 is 1.11 bits per heavy atom. The average molecular weight is 469 g/mol. The number of aromatic amines is 1. The summed E-state index contributed by atoms with van der Waals surface area (Å²) >= 11 is 0. The predicted molar refractivity (Wildman–Crippen MR) is 133 cm³/mol. The number of carbonyl (C=O) groups is 1. The fourth-order valence-corrected chi connectivity index (χ4v) is 4.37. The van der Waals surface area contributed by atoms with Crippen LogP contribution in [0.1, 0.15) is 29.0 Å². The van der Waals surface area contributed by atoms with E-state index in [-0.39, 0.29) is 23.8 Å². The van der Waals surface area contributed by atoms with E-state index in [1.54, 1.807) is 55.8 Å². The smallest absolute Gasteiger partial charge is 0.265 e. The largest absolute Gasteiger partial charge is 0.497 e. The molecule has 0 aliphatic carbocycles. The molecule has 5 aromatic rings. The monoisotopic (exact) mass is 468 g/mol. The lowest BCUT2D eigenvalue weighted by atomic mass is 9.89. The molecule has 1 unspecified atom stereocenters. The number of H-pyrrole nitrogens is 1. The molecule has 0 saturated heterocycles. The summed E-state index contributed by atoms with van der Waals surface area (Å²) < 4.78 is 6.62. The van der Waals surface area contributed by atoms with Crippen molar-refractivity contribution in [1.82, 2.24) is 19.7 Å². The van der Waals surface area contributed by atoms with Crippen LogP contribution in [0.5, 0.6) is 11.6 Å². The SMILES string of the molecule is COc1ccc(C(CC(=O)NCc2cccc3[nH]ccc23)c2c(O)nc3ccccn3c2=O)cc1. The molecule has 3 N–H and O–H groups in total. The molecule has 3 heterocycles. The van der Waals surface area contributed by atoms with E-state index in [0.29, 0.717) is 23.5 Å². The van der Waals surface area contributed by atoms with Gasteiger partial charge in [-0.25, -0.2) is 0 Å². The molecule has 0 aliphatic rings. The van der Waals surface area contributed by atoms with Gasteiger partial charge in [0.2, 0.25) is 11.8 Å². The Morgan fingerprint density at radius 3 is 2.74 bits per heavy atom. The van der Waals surface area contributed by atoms with Crippen molar-refractivity contribution < 1.29 is 14.6 Å². The Labute approximate surface area is 200 Å². The molecule has 0 saturated carbocycles. The molecule has 3 aromatic heterocycles. The Balaban J connectivity index is 1.48. The maximum atomic E-state index is 13.4. The second-order valence-electron chi connectivity index (χ2n) is 8.25. The number of carbonyl (C=O) groups excluding carboxylic acids is 1. The van der Waals surface area contributed by atoms with Crippen LogP contribution in [0.25, 0.3) is 16.6 Å². The molecule has 0 radical (unpaired) electrons. The van der Waals surface area contributed by atoms with Gasteiger partial charge in [-0.15, -0.1) is 0 Å². The quantitative estimate of drug-likeness (QED) is 0.337. The fraction of sp³-hybridized carbons (Fsp3) is 0.148. The molecule has 176 valence electrons. The van der Waals surface area contributed by atoms with Crippen LogP contribution in [0, 0.1) is 0 Å². The van der Waals surface area contributed by atoms with E-state index in [1.807, 2.05) is 30.5 Å². The molecule has 1 atom stereocenters. The number of ether oxygens (including phenoxy) is 1. The van der Waals surface area contributed by atoms with Gasteiger partial charge in [-0.1, -0.05) is 30.3 Å². The number of methoxy groups -OCH3 is 1. The van der Waals surface area contributed by atoms with Crippen LogP contribution >= 0.6 is 0 Å². The van der Waals surface area contributed by atoms with Crippen LogP contribution in [0.2, 0.25) is 0 Å². The van der Waals surface area contributed by atoms with Crippen molar-refractivity contribution in [2.24, 2.45) is 0 Å². The van der Waals surface area contributed by atoms with Crippen molar-refractivity contribution in [3.05, 3.63) is 106 Å². The van der Waals surface area contributed by atoms with Crippen LogP contribution in [0.3, 0.4) is 0 Å². The Morgan fingerprint density at radius 2 is 1.94 bits per heavy atom. The van der Waals surface area contributed by atoms with Crippen molar-refractivity contribution in [3.8, 4) is 11.6 Å². The number of rotatable bonds is 7. The normalized spacial score (nSPS) is 12.0. The summed E-state index contributed by atoms with van der Waals surface area (Å²) in [5.74, 6) is -0.697. The van der Waals surface area contributed by atoms with Crippen LogP contribution < -0.4 is 15.6 Å². The average Bonchev–Trinajstić information content (AvgIpc) is 3.36. The number of aromatic nitrogens is 3. The minimum Gasteiger partial charge on any atom is -0.497 e. The second-order valence-corrected chi connectivity index (χ2v) is 8.25. The first-order valence-electron chi connectivity index (χ1n) is 11.2. The maximum Gasteiger partial charge on any atom is 0.265 e. The number of aromatic hydroxyl groups is 1. The first-order valence-corrected chi connectivity index (χ1v) is 11.2. The van der Waals surface area contributed by atoms with Gasteiger partial charge in [0, 0.05) is 42.2 Å². The number of pyridine rings is 1. The third-order valence-electron chi connectivity index (χ3n) is 6.17. The number of hydrogen-bond donors (Lipinski definition) is 3. The van der Waals surface area contributed by atoms with Crippen molar-refractivity contribution in [3.63, 3.8) is 0 Å². The zero-order chi connectivity index (χ0) is 24.4. The molecular formula is C27H24N4O4. The summed E-state index contributed by atoms with van der Waals surface area (Å²) in [6.07, 6.45) is 3.41. The molecule has 0 bridgehead atoms. The van der Waals surface area contributed by atoms with Crippen molar-refractivity contribution in [1.29, 1.82) is 0 Å². The number of benzene rings is 2. The molecule has 8 heteroatoms. The fourth-order valence-electron chi connectivity index (χ4n) is 4.37. The lowest BCUT2D eigenvalue weighted by molar-refractivity contribution is -0.121. The van der Waals surface area contributed by atoms with E-state index >= 15 is 0 Å². The number of hydrogen-bond acceptors (Lipinski definition) is 5. The van der Waals surface area contributed by atoms with Crippen LogP contribution in [0.4, 0.5) is 0 Å². The van der Waals surface area contributed by atoms with Gasteiger partial charge >= 0.3 is 0 Å². The van der Waals surface area contributed by atoms with Crippen molar-refractivity contribution in [2.45, 2.75) is 18.9 Å². The van der Waals surface area contributed by atoms with E-state index in [2.05, 4.69) is 15.3 Å². The zero-order valence-electron chi connectivity index (χ0n) is 19.1. The van der Waals surface area contributed by atoms with Crippen LogP contribution in [0.15, 0.2) is 83.9 Å². The highest BCUT2D eigenvalue weighted by molar-refractivity contribution is 5.84. The molecule has 5 rings (SSSR count). The number of nitrogens with zero attached hydrogens (tertiary/aromatic N) is 2. The lowest BCUT2D eigenvalue weighted by Crippen LogP contribution is -2.28. The molecule has 0 fully saturated rings. The van der Waals surface area contributed by atoms with Gasteiger partial charge in [0.1, 0.15) is 11.4 Å². The van der Waals surface area contributed by atoms with Gasteiger partial charge < -0.3 is 20.1 Å². The molecule has 2 aromatic carbocycles. The topological polar surface area (TPSA) is 109 Å². The van der Waals surface area contributed by atoms with Crippen LogP contribution in [-0.4, -0.2) is 32.5 Å². The molecule has 1 amide bonds. The standard InChI is InChI=1S/C27H24N4O4/c1-35-19-10-8-17(9-11-19)21(25-26(33)30-23-7-2-3-14-31(23)27(25)34)15-24(32)29-16-18-5-4-6-22-20(18)12-13-28-22/h2-14,21,28,33H,15-16H2,1H3,(H,29,32). The Bertz CT molecular complexity index is 1570. The summed E-state index contributed by atoms with van der Waals surface area (Å²) in [7, 11) is 1.57. The summed E-state index contributed by atoms with van der Waals surface area (Å²) in [6.45, 7) is 0.338. The highest BCUT2D eigenvalue weighted by atomic mass is 16.5. The van der Waals surface area contributed by atoms with Gasteiger partial charge in [0.05, 0.1) is 12.7 Å². The molecular weight excluding hydrogens is 444 g/mol. The van der Waals surface area contributed by atoms with E-state index in [4.69, 9.17) is 4.74 Å². The van der Waals surface area contributed by atoms with E-state index in [0.717, 1.165) is 16.5 Å². The third-order valence-corrected chi connectivity index (χ3v) is 6.17. The Hall–Kier alpha value is -4.59. The third kappa shape index (κ3) is 4.33. The first kappa shape index (κ1) is 22.2. The number of fused-ring (bicyclic) bond motifs is 2. The maximum absolute atomic E-state index is 13.4. The first-order chi connectivity index (χ1) is 17.0. The van der Waals surface area contributed by atoms with Gasteiger partial charge in [-0.05, 0) is 47.5 Å². The molecule has 35 heavy (non-hydrogen) atoms. The minimum absolute atomic E-state index is 0.0428. The summed E-state index contributed by atoms with van der Waals surface area (Å²) in [5, 5.41) is 14.8. The number of nitrogens with one attached hydrogen (secondary N) is 2. The lowest BCUT2D eigenvalue weighted by Gasteiger charge is -2.19. The minimum atomic E-state index is -0.707. The zero-order valence-corrected chi connectivity index (χ0v) is 19.1. The second kappa shape index (κ2) is 9.34. The van der Waals surface area contributed by atoms with Crippen LogP contribution in [-0.2, 0) is 11.3 Å². The Kier molecular flexibility index (Phi) is 5.93. The van der Waals surface area contributed by atoms with E-state index in [1.165, 1.54) is 4.40 Å². The highest BCUT2D eigenvalue weighted by Crippen LogP contribution is 2.32. The summed E-state index contributed by atoms with van der Waals surface area (Å²) in [6, 6.07) is 20.0. The summed E-state index contributed by atoms with van der Waals surface area (Å²) in [4.78, 5) is 33.8. The van der Waals surface area contributed by atoms with Crippen molar-refractivity contribution in [2.75, 3.05) is 7.11 Å². The molecule has 8 nitrogen and oxygen atoms in total. The molecule has 0 aliphatic heterocycles. The van der Waals surface area contributed by atoms with Gasteiger partial charge in [0.25, 0.3) is 5.56 Å². The highest BCUT2D eigenvalue weighted by Gasteiger charge is 2.26. The van der Waals surface area contributed by atoms with Crippen molar-refractivity contribution >= 4 is 22.5 Å². The van der Waals surface area contributed by atoms with Gasteiger partial charge in [-0.2, -0.15) is 4.98 Å². The van der Waals surface area contributed by atoms with E-state index in [9.17, 15) is 14.7 Å². The number of amides is 1. The van der Waals surface area contributed by atoms with E-state index < -0.39 is 11.5 Å². The van der Waals surface area contributed by atoms with Gasteiger partial charge in [0.15, 0.2) is 0 Å². The predicted octanol–water partition coefficient (Wildman–Crippen LogP) is 3.73.